The maximum atomic E-state index is 5.68. The zero-order valence-corrected chi connectivity index (χ0v) is 13.1. The smallest absolute Gasteiger partial charge is 0.0708 e. The third kappa shape index (κ3) is 1.78. The average molecular weight is 281 g/mol. The van der Waals surface area contributed by atoms with E-state index in [1.54, 1.807) is 0 Å². The second-order valence-electron chi connectivity index (χ2n) is 6.77. The first kappa shape index (κ1) is 13.3. The van der Waals surface area contributed by atoms with E-state index in [1.165, 1.54) is 22.9 Å². The maximum Gasteiger partial charge on any atom is 0.0708 e. The molecule has 110 valence electrons. The minimum Gasteiger partial charge on any atom is -0.381 e. The van der Waals surface area contributed by atoms with E-state index in [0.717, 1.165) is 36.8 Å². The van der Waals surface area contributed by atoms with Gasteiger partial charge in [-0.25, -0.2) is 0 Å². The third-order valence-electron chi connectivity index (χ3n) is 5.87. The van der Waals surface area contributed by atoms with Gasteiger partial charge < -0.3 is 4.74 Å². The molecular formula is C19H23NO. The Hall–Kier alpha value is -1.41. The molecule has 1 saturated carbocycles. The molecule has 3 unspecified atom stereocenters. The largest absolute Gasteiger partial charge is 0.381 e. The van der Waals surface area contributed by atoms with Crippen molar-refractivity contribution >= 4 is 10.9 Å². The van der Waals surface area contributed by atoms with Crippen molar-refractivity contribution in [3.8, 4) is 0 Å². The molecule has 1 aromatic heterocycles. The number of hydrogen-bond donors (Lipinski definition) is 0. The molecule has 0 radical (unpaired) electrons. The van der Waals surface area contributed by atoms with E-state index < -0.39 is 0 Å². The molecule has 1 aromatic carbocycles. The van der Waals surface area contributed by atoms with Crippen molar-refractivity contribution in [1.29, 1.82) is 0 Å². The summed E-state index contributed by atoms with van der Waals surface area (Å²) in [5.41, 5.74) is 5.57. The first-order valence-corrected chi connectivity index (χ1v) is 8.15. The van der Waals surface area contributed by atoms with Gasteiger partial charge in [-0.2, -0.15) is 0 Å². The monoisotopic (exact) mass is 281 g/mol. The van der Waals surface area contributed by atoms with Crippen LogP contribution in [0.4, 0.5) is 0 Å². The number of pyridine rings is 1. The first-order chi connectivity index (χ1) is 10.2. The van der Waals surface area contributed by atoms with E-state index in [0.29, 0.717) is 11.3 Å². The zero-order valence-electron chi connectivity index (χ0n) is 13.1. The highest BCUT2D eigenvalue weighted by molar-refractivity contribution is 5.83. The number of fused-ring (bicyclic) bond motifs is 2. The van der Waals surface area contributed by atoms with Crippen LogP contribution in [0.15, 0.2) is 24.3 Å². The standard InChI is InChI=1S/C19H23NO/c1-4-14-9-12(2)20-18-6-5-15(10-16(14)18)19-7-8-21-11-17(19)13(19)3/h5-6,9-10,13,17H,4,7-8,11H2,1-3H3. The second-order valence-corrected chi connectivity index (χ2v) is 6.77. The first-order valence-electron chi connectivity index (χ1n) is 8.15. The van der Waals surface area contributed by atoms with Crippen molar-refractivity contribution in [2.24, 2.45) is 11.8 Å². The van der Waals surface area contributed by atoms with Gasteiger partial charge in [0.1, 0.15) is 0 Å². The number of aromatic nitrogens is 1. The number of aryl methyl sites for hydroxylation is 2. The number of benzene rings is 1. The number of rotatable bonds is 2. The van der Waals surface area contributed by atoms with Gasteiger partial charge in [-0.05, 0) is 60.9 Å². The minimum absolute atomic E-state index is 0.377. The second kappa shape index (κ2) is 4.54. The van der Waals surface area contributed by atoms with Crippen LogP contribution in [0.3, 0.4) is 0 Å². The summed E-state index contributed by atoms with van der Waals surface area (Å²) in [7, 11) is 0. The lowest BCUT2D eigenvalue weighted by Gasteiger charge is -2.23. The molecule has 2 heterocycles. The van der Waals surface area contributed by atoms with Gasteiger partial charge in [-0.1, -0.05) is 19.9 Å². The van der Waals surface area contributed by atoms with Gasteiger partial charge in [-0.15, -0.1) is 0 Å². The van der Waals surface area contributed by atoms with E-state index in [4.69, 9.17) is 9.72 Å². The number of nitrogens with zero attached hydrogens (tertiary/aromatic N) is 1. The van der Waals surface area contributed by atoms with Crippen molar-refractivity contribution < 1.29 is 4.74 Å². The van der Waals surface area contributed by atoms with E-state index in [-0.39, 0.29) is 0 Å². The van der Waals surface area contributed by atoms with Crippen LogP contribution in [-0.2, 0) is 16.6 Å². The van der Waals surface area contributed by atoms with E-state index in [2.05, 4.69) is 45.0 Å². The van der Waals surface area contributed by atoms with Gasteiger partial charge >= 0.3 is 0 Å². The van der Waals surface area contributed by atoms with Crippen molar-refractivity contribution in [3.63, 3.8) is 0 Å². The number of hydrogen-bond acceptors (Lipinski definition) is 2. The molecule has 2 aliphatic rings. The molecule has 21 heavy (non-hydrogen) atoms. The molecule has 0 N–H and O–H groups in total. The molecule has 2 aromatic rings. The normalized spacial score (nSPS) is 31.2. The van der Waals surface area contributed by atoms with Crippen LogP contribution in [0.2, 0.25) is 0 Å². The van der Waals surface area contributed by atoms with Crippen LogP contribution in [0.1, 0.15) is 37.1 Å². The third-order valence-corrected chi connectivity index (χ3v) is 5.87. The van der Waals surface area contributed by atoms with Crippen molar-refractivity contribution in [2.75, 3.05) is 13.2 Å². The molecule has 2 heteroatoms. The Bertz CT molecular complexity index is 708. The summed E-state index contributed by atoms with van der Waals surface area (Å²) < 4.78 is 5.68. The predicted molar refractivity (Wildman–Crippen MR) is 85.6 cm³/mol. The molecule has 4 rings (SSSR count). The van der Waals surface area contributed by atoms with Crippen molar-refractivity contribution in [3.05, 3.63) is 41.1 Å². The summed E-state index contributed by atoms with van der Waals surface area (Å²) in [6.45, 7) is 8.55. The molecule has 3 atom stereocenters. The summed E-state index contributed by atoms with van der Waals surface area (Å²) in [6.07, 6.45) is 2.24. The minimum atomic E-state index is 0.377. The quantitative estimate of drug-likeness (QED) is 0.829. The SMILES string of the molecule is CCc1cc(C)nc2ccc(C34CCOCC3C4C)cc12. The molecule has 0 amide bonds. The van der Waals surface area contributed by atoms with Crippen LogP contribution in [0.5, 0.6) is 0 Å². The average Bonchev–Trinajstić information content (AvgIpc) is 3.12. The molecule has 1 aliphatic carbocycles. The zero-order chi connectivity index (χ0) is 14.6. The van der Waals surface area contributed by atoms with Crippen molar-refractivity contribution in [2.45, 2.75) is 39.0 Å². The lowest BCUT2D eigenvalue weighted by molar-refractivity contribution is 0.0801. The Morgan fingerprint density at radius 3 is 2.95 bits per heavy atom. The highest BCUT2D eigenvalue weighted by atomic mass is 16.5. The van der Waals surface area contributed by atoms with Gasteiger partial charge in [0.15, 0.2) is 0 Å². The highest BCUT2D eigenvalue weighted by Crippen LogP contribution is 2.63. The van der Waals surface area contributed by atoms with Gasteiger partial charge in [0, 0.05) is 23.1 Å². The predicted octanol–water partition coefficient (Wildman–Crippen LogP) is 4.03. The van der Waals surface area contributed by atoms with Crippen LogP contribution >= 0.6 is 0 Å². The van der Waals surface area contributed by atoms with Crippen LogP contribution in [0.25, 0.3) is 10.9 Å². The molecule has 2 fully saturated rings. The molecule has 0 spiro atoms. The molecular weight excluding hydrogens is 258 g/mol. The lowest BCUT2D eigenvalue weighted by Crippen LogP contribution is -2.22. The van der Waals surface area contributed by atoms with Gasteiger partial charge in [0.2, 0.25) is 0 Å². The maximum absolute atomic E-state index is 5.68. The lowest BCUT2D eigenvalue weighted by atomic mass is 9.86. The van der Waals surface area contributed by atoms with E-state index in [9.17, 15) is 0 Å². The highest BCUT2D eigenvalue weighted by Gasteiger charge is 2.63. The molecule has 1 aliphatic heterocycles. The summed E-state index contributed by atoms with van der Waals surface area (Å²) >= 11 is 0. The Balaban J connectivity index is 1.86. The van der Waals surface area contributed by atoms with Gasteiger partial charge in [0.25, 0.3) is 0 Å². The summed E-state index contributed by atoms with van der Waals surface area (Å²) in [5, 5.41) is 1.35. The fraction of sp³-hybridized carbons (Fsp3) is 0.526. The Kier molecular flexibility index (Phi) is 2.87. The van der Waals surface area contributed by atoms with Crippen LogP contribution in [-0.4, -0.2) is 18.2 Å². The number of ether oxygens (including phenoxy) is 1. The molecule has 1 saturated heterocycles. The van der Waals surface area contributed by atoms with Crippen LogP contribution in [0, 0.1) is 18.8 Å². The summed E-state index contributed by atoms with van der Waals surface area (Å²) in [6, 6.07) is 9.20. The van der Waals surface area contributed by atoms with Crippen molar-refractivity contribution in [1.82, 2.24) is 4.98 Å². The topological polar surface area (TPSA) is 22.1 Å². The van der Waals surface area contributed by atoms with E-state index in [1.807, 2.05) is 0 Å². The summed E-state index contributed by atoms with van der Waals surface area (Å²) in [5.74, 6) is 1.47. The van der Waals surface area contributed by atoms with E-state index >= 15 is 0 Å². The Labute approximate surface area is 126 Å². The van der Waals surface area contributed by atoms with Crippen LogP contribution < -0.4 is 0 Å². The van der Waals surface area contributed by atoms with Gasteiger partial charge in [0.05, 0.1) is 12.1 Å². The molecule has 2 nitrogen and oxygen atoms in total. The van der Waals surface area contributed by atoms with Gasteiger partial charge in [-0.3, -0.25) is 4.98 Å². The fourth-order valence-electron chi connectivity index (χ4n) is 4.53. The Morgan fingerprint density at radius 2 is 2.19 bits per heavy atom. The fourth-order valence-corrected chi connectivity index (χ4v) is 4.53. The summed E-state index contributed by atoms with van der Waals surface area (Å²) in [4.78, 5) is 4.70. The molecule has 0 bridgehead atoms. The Morgan fingerprint density at radius 1 is 1.33 bits per heavy atom.